The molecule has 0 saturated carbocycles. The summed E-state index contributed by atoms with van der Waals surface area (Å²) in [4.78, 5) is 8.10. The summed E-state index contributed by atoms with van der Waals surface area (Å²) in [6.45, 7) is 10.6. The van der Waals surface area contributed by atoms with Gasteiger partial charge in [-0.15, -0.1) is 22.7 Å². The number of aryl methyl sites for hydroxylation is 3. The number of rotatable bonds is 4. The van der Waals surface area contributed by atoms with Gasteiger partial charge in [-0.3, -0.25) is 4.99 Å². The van der Waals surface area contributed by atoms with Gasteiger partial charge in [-0.1, -0.05) is 12.1 Å². The van der Waals surface area contributed by atoms with Crippen LogP contribution in [0.15, 0.2) is 45.8 Å². The van der Waals surface area contributed by atoms with Crippen LogP contribution in [0.1, 0.15) is 34.7 Å². The van der Waals surface area contributed by atoms with Crippen LogP contribution in [0.5, 0.6) is 0 Å². The highest BCUT2D eigenvalue weighted by atomic mass is 32.1. The van der Waals surface area contributed by atoms with Crippen LogP contribution < -0.4 is 4.80 Å². The Hall–Kier alpha value is -1.98. The van der Waals surface area contributed by atoms with Gasteiger partial charge in [0.25, 0.3) is 0 Å². The molecule has 0 fully saturated rings. The first-order chi connectivity index (χ1) is 11.9. The van der Waals surface area contributed by atoms with Gasteiger partial charge >= 0.3 is 0 Å². The van der Waals surface area contributed by atoms with Crippen LogP contribution in [-0.4, -0.2) is 16.9 Å². The molecule has 3 rings (SSSR count). The second-order valence-corrected chi connectivity index (χ2v) is 8.59. The Kier molecular flexibility index (Phi) is 5.35. The summed E-state index contributed by atoms with van der Waals surface area (Å²) in [6.07, 6.45) is 1.92. The normalized spacial score (nSPS) is 12.6. The van der Waals surface area contributed by atoms with Crippen molar-refractivity contribution in [2.75, 3.05) is 0 Å². The number of hydrogen-bond donors (Lipinski definition) is 0. The SMILES string of the molecule is Cc1ccc(C=Nn2c(-c3ccc(C)c(C)c3)csc2=NC(C)C)s1. The molecule has 5 heteroatoms. The Balaban J connectivity index is 2.11. The third kappa shape index (κ3) is 4.17. The van der Waals surface area contributed by atoms with Gasteiger partial charge in [0, 0.05) is 26.7 Å². The maximum Gasteiger partial charge on any atom is 0.206 e. The van der Waals surface area contributed by atoms with Crippen molar-refractivity contribution in [2.45, 2.75) is 40.7 Å². The molecule has 0 radical (unpaired) electrons. The molecule has 0 aliphatic heterocycles. The van der Waals surface area contributed by atoms with Gasteiger partial charge in [-0.05, 0) is 63.9 Å². The molecule has 0 unspecified atom stereocenters. The standard InChI is InChI=1S/C20H23N3S2/c1-13(2)22-20-23(21-11-18-9-7-16(5)25-18)19(12-24-20)17-8-6-14(3)15(4)10-17/h6-13H,1-5H3. The van der Waals surface area contributed by atoms with E-state index in [0.717, 1.165) is 15.4 Å². The molecule has 2 aromatic heterocycles. The lowest BCUT2D eigenvalue weighted by Crippen LogP contribution is -2.14. The highest BCUT2D eigenvalue weighted by molar-refractivity contribution is 7.13. The fourth-order valence-corrected chi connectivity index (χ4v) is 4.17. The lowest BCUT2D eigenvalue weighted by molar-refractivity contribution is 0.755. The molecule has 2 heterocycles. The van der Waals surface area contributed by atoms with Crippen molar-refractivity contribution >= 4 is 28.9 Å². The molecule has 130 valence electrons. The third-order valence-corrected chi connectivity index (χ3v) is 5.68. The Labute approximate surface area is 157 Å². The zero-order valence-electron chi connectivity index (χ0n) is 15.3. The second-order valence-electron chi connectivity index (χ2n) is 6.43. The predicted molar refractivity (Wildman–Crippen MR) is 110 cm³/mol. The van der Waals surface area contributed by atoms with Crippen LogP contribution in [-0.2, 0) is 0 Å². The molecule has 0 bridgehead atoms. The molecular weight excluding hydrogens is 346 g/mol. The highest BCUT2D eigenvalue weighted by Gasteiger charge is 2.09. The molecule has 0 amide bonds. The number of thiazole rings is 1. The van der Waals surface area contributed by atoms with Crippen molar-refractivity contribution in [3.8, 4) is 11.3 Å². The lowest BCUT2D eigenvalue weighted by atomic mass is 10.1. The topological polar surface area (TPSA) is 29.6 Å². The first kappa shape index (κ1) is 17.8. The predicted octanol–water partition coefficient (Wildman–Crippen LogP) is 5.39. The van der Waals surface area contributed by atoms with Gasteiger partial charge in [0.1, 0.15) is 0 Å². The molecule has 0 atom stereocenters. The van der Waals surface area contributed by atoms with Crippen molar-refractivity contribution in [3.05, 3.63) is 61.4 Å². The zero-order valence-corrected chi connectivity index (χ0v) is 16.9. The summed E-state index contributed by atoms with van der Waals surface area (Å²) in [6, 6.07) is 11.0. The summed E-state index contributed by atoms with van der Waals surface area (Å²) < 4.78 is 1.96. The molecule has 0 aliphatic rings. The van der Waals surface area contributed by atoms with E-state index in [1.165, 1.54) is 21.6 Å². The molecule has 0 saturated heterocycles. The molecule has 0 aliphatic carbocycles. The zero-order chi connectivity index (χ0) is 18.0. The van der Waals surface area contributed by atoms with Gasteiger partial charge < -0.3 is 0 Å². The molecular formula is C20H23N3S2. The first-order valence-electron chi connectivity index (χ1n) is 8.37. The van der Waals surface area contributed by atoms with E-state index >= 15 is 0 Å². The molecule has 0 N–H and O–H groups in total. The van der Waals surface area contributed by atoms with Gasteiger partial charge in [0.2, 0.25) is 4.80 Å². The largest absolute Gasteiger partial charge is 0.255 e. The van der Waals surface area contributed by atoms with Crippen LogP contribution in [0.3, 0.4) is 0 Å². The van der Waals surface area contributed by atoms with E-state index in [1.807, 2.05) is 10.9 Å². The van der Waals surface area contributed by atoms with Crippen LogP contribution in [0.25, 0.3) is 11.3 Å². The van der Waals surface area contributed by atoms with E-state index in [2.05, 4.69) is 70.3 Å². The molecule has 3 nitrogen and oxygen atoms in total. The summed E-state index contributed by atoms with van der Waals surface area (Å²) in [7, 11) is 0. The van der Waals surface area contributed by atoms with E-state index in [1.54, 1.807) is 22.7 Å². The average Bonchev–Trinajstić information content (AvgIpc) is 3.14. The van der Waals surface area contributed by atoms with Crippen LogP contribution >= 0.6 is 22.7 Å². The summed E-state index contributed by atoms with van der Waals surface area (Å²) >= 11 is 3.38. The summed E-state index contributed by atoms with van der Waals surface area (Å²) in [5.41, 5.74) is 4.84. The Morgan fingerprint density at radius 2 is 1.84 bits per heavy atom. The smallest absolute Gasteiger partial charge is 0.206 e. The van der Waals surface area contributed by atoms with Crippen molar-refractivity contribution in [1.29, 1.82) is 0 Å². The number of hydrogen-bond acceptors (Lipinski definition) is 4. The summed E-state index contributed by atoms with van der Waals surface area (Å²) in [5.74, 6) is 0. The Morgan fingerprint density at radius 3 is 2.48 bits per heavy atom. The molecule has 3 aromatic rings. The summed E-state index contributed by atoms with van der Waals surface area (Å²) in [5, 5.41) is 6.89. The van der Waals surface area contributed by atoms with Crippen LogP contribution in [0.2, 0.25) is 0 Å². The average molecular weight is 370 g/mol. The molecule has 0 spiro atoms. The lowest BCUT2D eigenvalue weighted by Gasteiger charge is -2.06. The van der Waals surface area contributed by atoms with Gasteiger partial charge in [-0.2, -0.15) is 5.10 Å². The number of aromatic nitrogens is 1. The van der Waals surface area contributed by atoms with E-state index in [0.29, 0.717) is 0 Å². The van der Waals surface area contributed by atoms with E-state index < -0.39 is 0 Å². The number of nitrogens with zero attached hydrogens (tertiary/aromatic N) is 3. The minimum atomic E-state index is 0.233. The van der Waals surface area contributed by atoms with Crippen LogP contribution in [0.4, 0.5) is 0 Å². The van der Waals surface area contributed by atoms with Crippen molar-refractivity contribution in [3.63, 3.8) is 0 Å². The molecule has 1 aromatic carbocycles. The minimum Gasteiger partial charge on any atom is -0.255 e. The number of thiophene rings is 1. The maximum atomic E-state index is 4.75. The van der Waals surface area contributed by atoms with Gasteiger partial charge in [-0.25, -0.2) is 4.68 Å². The third-order valence-electron chi connectivity index (χ3n) is 3.92. The van der Waals surface area contributed by atoms with Gasteiger partial charge in [0.05, 0.1) is 11.9 Å². The van der Waals surface area contributed by atoms with E-state index in [4.69, 9.17) is 10.1 Å². The fraction of sp³-hybridized carbons (Fsp3) is 0.300. The van der Waals surface area contributed by atoms with Crippen LogP contribution in [0, 0.1) is 20.8 Å². The highest BCUT2D eigenvalue weighted by Crippen LogP contribution is 2.23. The van der Waals surface area contributed by atoms with E-state index in [9.17, 15) is 0 Å². The minimum absolute atomic E-state index is 0.233. The van der Waals surface area contributed by atoms with Crippen molar-refractivity contribution in [1.82, 2.24) is 4.68 Å². The van der Waals surface area contributed by atoms with Crippen molar-refractivity contribution in [2.24, 2.45) is 10.1 Å². The van der Waals surface area contributed by atoms with E-state index in [-0.39, 0.29) is 6.04 Å². The second kappa shape index (κ2) is 7.50. The Bertz CT molecular complexity index is 971. The Morgan fingerprint density at radius 1 is 1.04 bits per heavy atom. The number of benzene rings is 1. The quantitative estimate of drug-likeness (QED) is 0.552. The monoisotopic (exact) mass is 369 g/mol. The fourth-order valence-electron chi connectivity index (χ4n) is 2.46. The molecule has 25 heavy (non-hydrogen) atoms. The van der Waals surface area contributed by atoms with Crippen molar-refractivity contribution < 1.29 is 0 Å². The first-order valence-corrected chi connectivity index (χ1v) is 10.1. The van der Waals surface area contributed by atoms with Gasteiger partial charge in [0.15, 0.2) is 0 Å². The maximum absolute atomic E-state index is 4.75.